The van der Waals surface area contributed by atoms with Crippen LogP contribution < -0.4 is 11.1 Å². The van der Waals surface area contributed by atoms with Crippen LogP contribution >= 0.6 is 11.3 Å². The molecule has 0 aliphatic carbocycles. The minimum Gasteiger partial charge on any atom is -0.478 e. The molecule has 5 nitrogen and oxygen atoms in total. The molecule has 2 aromatic rings. The van der Waals surface area contributed by atoms with Gasteiger partial charge in [-0.25, -0.2) is 9.78 Å². The van der Waals surface area contributed by atoms with Crippen LogP contribution in [0.2, 0.25) is 0 Å². The number of nitrogens with zero attached hydrogens (tertiary/aromatic N) is 1. The zero-order valence-corrected chi connectivity index (χ0v) is 11.3. The number of hydrogen-bond donors (Lipinski definition) is 3. The maximum atomic E-state index is 11.1. The molecule has 0 amide bonds. The summed E-state index contributed by atoms with van der Waals surface area (Å²) in [6.45, 7) is 2.66. The highest BCUT2D eigenvalue weighted by Crippen LogP contribution is 2.20. The first kappa shape index (κ1) is 13.4. The van der Waals surface area contributed by atoms with Gasteiger partial charge in [0, 0.05) is 9.75 Å². The number of nitrogens with one attached hydrogen (secondary N) is 1. The molecular weight excluding hydrogens is 262 g/mol. The third kappa shape index (κ3) is 3.23. The van der Waals surface area contributed by atoms with E-state index in [2.05, 4.69) is 23.3 Å². The number of nitrogen functional groups attached to an aromatic ring is 1. The molecule has 2 rings (SSSR count). The van der Waals surface area contributed by atoms with Crippen LogP contribution in [0.3, 0.4) is 0 Å². The molecule has 19 heavy (non-hydrogen) atoms. The van der Waals surface area contributed by atoms with Crippen molar-refractivity contribution in [2.24, 2.45) is 0 Å². The second-order valence-electron chi connectivity index (χ2n) is 4.05. The van der Waals surface area contributed by atoms with Crippen molar-refractivity contribution < 1.29 is 9.90 Å². The molecule has 0 radical (unpaired) electrons. The number of aromatic nitrogens is 1. The lowest BCUT2D eigenvalue weighted by atomic mass is 10.2. The number of thiophene rings is 1. The van der Waals surface area contributed by atoms with Crippen LogP contribution in [0.25, 0.3) is 0 Å². The minimum atomic E-state index is -1.04. The van der Waals surface area contributed by atoms with Crippen molar-refractivity contribution in [2.75, 3.05) is 11.1 Å². The van der Waals surface area contributed by atoms with Crippen LogP contribution in [0, 0.1) is 0 Å². The molecule has 0 bridgehead atoms. The Balaban J connectivity index is 2.12. The van der Waals surface area contributed by atoms with E-state index in [9.17, 15) is 4.79 Å². The number of carboxylic acids is 1. The van der Waals surface area contributed by atoms with Crippen molar-refractivity contribution >= 4 is 28.8 Å². The van der Waals surface area contributed by atoms with Crippen molar-refractivity contribution in [1.29, 1.82) is 0 Å². The average molecular weight is 277 g/mol. The van der Waals surface area contributed by atoms with E-state index in [1.807, 2.05) is 6.07 Å². The molecule has 0 aromatic carbocycles. The van der Waals surface area contributed by atoms with Gasteiger partial charge in [-0.3, -0.25) is 0 Å². The monoisotopic (exact) mass is 277 g/mol. The van der Waals surface area contributed by atoms with E-state index in [0.29, 0.717) is 18.1 Å². The predicted octanol–water partition coefficient (Wildman–Crippen LogP) is 2.60. The van der Waals surface area contributed by atoms with Crippen LogP contribution in [0.1, 0.15) is 27.0 Å². The van der Waals surface area contributed by atoms with Crippen LogP contribution in [0.4, 0.5) is 11.5 Å². The summed E-state index contributed by atoms with van der Waals surface area (Å²) in [6.07, 6.45) is 2.45. The first-order valence-electron chi connectivity index (χ1n) is 5.90. The Morgan fingerprint density at radius 3 is 2.84 bits per heavy atom. The van der Waals surface area contributed by atoms with Crippen molar-refractivity contribution in [2.45, 2.75) is 19.9 Å². The molecule has 0 saturated carbocycles. The number of nitrogens with two attached hydrogens (primary N) is 1. The Kier molecular flexibility index (Phi) is 4.01. The summed E-state index contributed by atoms with van der Waals surface area (Å²) in [5.74, 6) is -0.698. The van der Waals surface area contributed by atoms with Gasteiger partial charge in [0.05, 0.1) is 18.4 Å². The predicted molar refractivity (Wildman–Crippen MR) is 76.6 cm³/mol. The van der Waals surface area contributed by atoms with Crippen LogP contribution in [0.5, 0.6) is 0 Å². The Hall–Kier alpha value is -2.08. The molecule has 2 aromatic heterocycles. The Morgan fingerprint density at radius 2 is 2.21 bits per heavy atom. The van der Waals surface area contributed by atoms with Crippen LogP contribution in [0.15, 0.2) is 24.4 Å². The number of aryl methyl sites for hydroxylation is 1. The first-order chi connectivity index (χ1) is 9.10. The van der Waals surface area contributed by atoms with Gasteiger partial charge in [-0.05, 0) is 24.6 Å². The minimum absolute atomic E-state index is 0.0901. The maximum absolute atomic E-state index is 11.1. The molecule has 6 heteroatoms. The summed E-state index contributed by atoms with van der Waals surface area (Å²) >= 11 is 1.71. The topological polar surface area (TPSA) is 88.2 Å². The second kappa shape index (κ2) is 5.71. The standard InChI is InChI=1S/C13H15N3O2S/c1-2-9-3-4-10(19-9)7-16-12-11(13(17)18)5-8(14)6-15-12/h3-6H,2,7,14H2,1H3,(H,15,16)(H,17,18). The first-order valence-corrected chi connectivity index (χ1v) is 6.72. The van der Waals surface area contributed by atoms with Gasteiger partial charge in [-0.2, -0.15) is 0 Å². The Bertz CT molecular complexity index is 595. The van der Waals surface area contributed by atoms with E-state index >= 15 is 0 Å². The van der Waals surface area contributed by atoms with Crippen molar-refractivity contribution in [3.05, 3.63) is 39.7 Å². The number of anilines is 2. The molecule has 4 N–H and O–H groups in total. The molecular formula is C13H15N3O2S. The number of carbonyl (C=O) groups is 1. The summed E-state index contributed by atoms with van der Waals surface area (Å²) in [6, 6.07) is 5.52. The summed E-state index contributed by atoms with van der Waals surface area (Å²) in [4.78, 5) is 17.6. The average Bonchev–Trinajstić information content (AvgIpc) is 2.85. The van der Waals surface area contributed by atoms with Gasteiger partial charge in [-0.1, -0.05) is 6.92 Å². The fourth-order valence-corrected chi connectivity index (χ4v) is 2.56. The molecule has 0 atom stereocenters. The van der Waals surface area contributed by atoms with Gasteiger partial charge >= 0.3 is 5.97 Å². The Labute approximate surface area is 115 Å². The summed E-state index contributed by atoms with van der Waals surface area (Å²) < 4.78 is 0. The highest BCUT2D eigenvalue weighted by Gasteiger charge is 2.12. The molecule has 0 aliphatic heterocycles. The molecule has 0 saturated heterocycles. The number of hydrogen-bond acceptors (Lipinski definition) is 5. The van der Waals surface area contributed by atoms with Gasteiger partial charge in [0.15, 0.2) is 0 Å². The fourth-order valence-electron chi connectivity index (χ4n) is 1.66. The summed E-state index contributed by atoms with van der Waals surface area (Å²) in [5, 5.41) is 12.1. The Morgan fingerprint density at radius 1 is 1.47 bits per heavy atom. The molecule has 2 heterocycles. The summed E-state index contributed by atoms with van der Waals surface area (Å²) in [7, 11) is 0. The maximum Gasteiger partial charge on any atom is 0.339 e. The normalized spacial score (nSPS) is 10.4. The van der Waals surface area contributed by atoms with E-state index in [1.165, 1.54) is 17.1 Å². The molecule has 0 aliphatic rings. The second-order valence-corrected chi connectivity index (χ2v) is 5.30. The van der Waals surface area contributed by atoms with Gasteiger partial charge in [0.1, 0.15) is 11.4 Å². The van der Waals surface area contributed by atoms with E-state index in [0.717, 1.165) is 11.3 Å². The molecule has 0 fully saturated rings. The summed E-state index contributed by atoms with van der Waals surface area (Å²) in [5.41, 5.74) is 5.97. The lowest BCUT2D eigenvalue weighted by Gasteiger charge is -2.08. The van der Waals surface area contributed by atoms with Crippen LogP contribution in [-0.4, -0.2) is 16.1 Å². The number of pyridine rings is 1. The van der Waals surface area contributed by atoms with Crippen molar-refractivity contribution in [1.82, 2.24) is 4.98 Å². The lowest BCUT2D eigenvalue weighted by molar-refractivity contribution is 0.0697. The molecule has 100 valence electrons. The number of rotatable bonds is 5. The van der Waals surface area contributed by atoms with Gasteiger partial charge in [0.25, 0.3) is 0 Å². The quantitative estimate of drug-likeness (QED) is 0.781. The zero-order valence-electron chi connectivity index (χ0n) is 10.5. The number of aromatic carboxylic acids is 1. The molecule has 0 spiro atoms. The van der Waals surface area contributed by atoms with E-state index < -0.39 is 5.97 Å². The van der Waals surface area contributed by atoms with Gasteiger partial charge < -0.3 is 16.2 Å². The third-order valence-electron chi connectivity index (χ3n) is 2.64. The van der Waals surface area contributed by atoms with Gasteiger partial charge in [0.2, 0.25) is 0 Å². The SMILES string of the molecule is CCc1ccc(CNc2ncc(N)cc2C(=O)O)s1. The smallest absolute Gasteiger partial charge is 0.339 e. The number of carboxylic acid groups (broad SMARTS) is 1. The van der Waals surface area contributed by atoms with E-state index in [1.54, 1.807) is 11.3 Å². The lowest BCUT2D eigenvalue weighted by Crippen LogP contribution is -2.08. The fraction of sp³-hybridized carbons (Fsp3) is 0.231. The van der Waals surface area contributed by atoms with E-state index in [-0.39, 0.29) is 5.56 Å². The highest BCUT2D eigenvalue weighted by atomic mass is 32.1. The zero-order chi connectivity index (χ0) is 13.8. The van der Waals surface area contributed by atoms with Crippen molar-refractivity contribution in [3.63, 3.8) is 0 Å². The third-order valence-corrected chi connectivity index (χ3v) is 3.86. The molecule has 0 unspecified atom stereocenters. The van der Waals surface area contributed by atoms with Crippen LogP contribution in [-0.2, 0) is 13.0 Å². The highest BCUT2D eigenvalue weighted by molar-refractivity contribution is 7.12. The van der Waals surface area contributed by atoms with E-state index in [4.69, 9.17) is 10.8 Å². The largest absolute Gasteiger partial charge is 0.478 e. The van der Waals surface area contributed by atoms with Crippen molar-refractivity contribution in [3.8, 4) is 0 Å². The van der Waals surface area contributed by atoms with Gasteiger partial charge in [-0.15, -0.1) is 11.3 Å².